The fraction of sp³-hybridized carbons (Fsp3) is 0.364. The van der Waals surface area contributed by atoms with Crippen molar-refractivity contribution in [3.8, 4) is 0 Å². The molecule has 1 atom stereocenters. The first-order chi connectivity index (χ1) is 13.0. The van der Waals surface area contributed by atoms with Crippen molar-refractivity contribution < 1.29 is 14.7 Å². The molecular formula is C22H26N2O3. The minimum absolute atomic E-state index is 0.00131. The molecule has 2 N–H and O–H groups in total. The Labute approximate surface area is 160 Å². The molecule has 5 heteroatoms. The Kier molecular flexibility index (Phi) is 6.24. The Bertz CT molecular complexity index is 783. The van der Waals surface area contributed by atoms with Crippen LogP contribution in [0.3, 0.4) is 0 Å². The van der Waals surface area contributed by atoms with Crippen LogP contribution in [0.4, 0.5) is 0 Å². The Morgan fingerprint density at radius 2 is 1.81 bits per heavy atom. The number of benzene rings is 2. The van der Waals surface area contributed by atoms with E-state index in [4.69, 9.17) is 0 Å². The second-order valence-electron chi connectivity index (χ2n) is 7.13. The van der Waals surface area contributed by atoms with Crippen LogP contribution < -0.4 is 5.32 Å². The lowest BCUT2D eigenvalue weighted by Crippen LogP contribution is -2.44. The lowest BCUT2D eigenvalue weighted by molar-refractivity contribution is -0.132. The number of hydrogen-bond acceptors (Lipinski definition) is 3. The van der Waals surface area contributed by atoms with Gasteiger partial charge in [0, 0.05) is 18.7 Å². The minimum Gasteiger partial charge on any atom is -0.388 e. The van der Waals surface area contributed by atoms with Gasteiger partial charge < -0.3 is 15.3 Å². The van der Waals surface area contributed by atoms with Crippen molar-refractivity contribution in [2.75, 3.05) is 19.6 Å². The van der Waals surface area contributed by atoms with Crippen LogP contribution in [0.25, 0.3) is 0 Å². The van der Waals surface area contributed by atoms with Gasteiger partial charge in [0.15, 0.2) is 0 Å². The maximum Gasteiger partial charge on any atom is 0.251 e. The molecule has 2 aromatic rings. The van der Waals surface area contributed by atoms with Gasteiger partial charge in [0.2, 0.25) is 5.91 Å². The number of hydrogen-bond donors (Lipinski definition) is 2. The van der Waals surface area contributed by atoms with Crippen LogP contribution in [0.1, 0.15) is 40.4 Å². The molecule has 0 radical (unpaired) electrons. The largest absolute Gasteiger partial charge is 0.388 e. The van der Waals surface area contributed by atoms with Crippen LogP contribution in [-0.4, -0.2) is 41.5 Å². The van der Waals surface area contributed by atoms with Gasteiger partial charge in [-0.15, -0.1) is 0 Å². The SMILES string of the molecule is Cc1cccc(C(=O)NCC(=O)N2CCC(C(O)c3ccccc3)CC2)c1. The van der Waals surface area contributed by atoms with Crippen molar-refractivity contribution in [2.45, 2.75) is 25.9 Å². The van der Waals surface area contributed by atoms with Crippen LogP contribution in [0.5, 0.6) is 0 Å². The molecule has 3 rings (SSSR count). The van der Waals surface area contributed by atoms with Gasteiger partial charge in [-0.1, -0.05) is 48.0 Å². The summed E-state index contributed by atoms with van der Waals surface area (Å²) in [6.45, 7) is 3.13. The summed E-state index contributed by atoms with van der Waals surface area (Å²) in [5.74, 6) is -0.163. The average molecular weight is 366 g/mol. The number of carbonyl (C=O) groups excluding carboxylic acids is 2. The second kappa shape index (κ2) is 8.82. The third kappa shape index (κ3) is 4.95. The molecule has 1 heterocycles. The molecule has 0 aliphatic carbocycles. The third-order valence-corrected chi connectivity index (χ3v) is 5.16. The minimum atomic E-state index is -0.496. The van der Waals surface area contributed by atoms with Crippen LogP contribution in [0.2, 0.25) is 0 Å². The molecule has 27 heavy (non-hydrogen) atoms. The van der Waals surface area contributed by atoms with Crippen LogP contribution in [0, 0.1) is 12.8 Å². The molecule has 1 aliphatic rings. The van der Waals surface area contributed by atoms with Gasteiger partial charge in [0.25, 0.3) is 5.91 Å². The zero-order valence-electron chi connectivity index (χ0n) is 15.6. The number of piperidine rings is 1. The number of rotatable bonds is 5. The Morgan fingerprint density at radius 1 is 1.11 bits per heavy atom. The molecule has 1 fully saturated rings. The van der Waals surface area contributed by atoms with E-state index in [0.717, 1.165) is 24.0 Å². The van der Waals surface area contributed by atoms with Gasteiger partial charge in [0.1, 0.15) is 0 Å². The number of likely N-dealkylation sites (tertiary alicyclic amines) is 1. The standard InChI is InChI=1S/C22H26N2O3/c1-16-6-5-9-19(14-16)22(27)23-15-20(25)24-12-10-18(11-13-24)21(26)17-7-3-2-4-8-17/h2-9,14,18,21,26H,10-13,15H2,1H3,(H,23,27). The average Bonchev–Trinajstić information content (AvgIpc) is 2.72. The van der Waals surface area contributed by atoms with E-state index in [1.54, 1.807) is 17.0 Å². The van der Waals surface area contributed by atoms with Crippen LogP contribution in [0.15, 0.2) is 54.6 Å². The van der Waals surface area contributed by atoms with Crippen molar-refractivity contribution in [2.24, 2.45) is 5.92 Å². The predicted octanol–water partition coefficient (Wildman–Crippen LogP) is 2.70. The van der Waals surface area contributed by atoms with E-state index in [1.807, 2.05) is 49.4 Å². The van der Waals surface area contributed by atoms with Crippen molar-refractivity contribution in [1.82, 2.24) is 10.2 Å². The van der Waals surface area contributed by atoms with E-state index >= 15 is 0 Å². The molecule has 0 saturated carbocycles. The quantitative estimate of drug-likeness (QED) is 0.855. The number of amides is 2. The molecule has 1 unspecified atom stereocenters. The number of nitrogens with zero attached hydrogens (tertiary/aromatic N) is 1. The summed E-state index contributed by atoms with van der Waals surface area (Å²) in [6.07, 6.45) is 1.02. The first-order valence-electron chi connectivity index (χ1n) is 9.40. The highest BCUT2D eigenvalue weighted by molar-refractivity contribution is 5.96. The second-order valence-corrected chi connectivity index (χ2v) is 7.13. The van der Waals surface area contributed by atoms with Gasteiger partial charge in [0.05, 0.1) is 12.6 Å². The number of aliphatic hydroxyl groups excluding tert-OH is 1. The molecule has 0 spiro atoms. The fourth-order valence-electron chi connectivity index (χ4n) is 3.54. The van der Waals surface area contributed by atoms with E-state index in [2.05, 4.69) is 5.32 Å². The number of aliphatic hydroxyl groups is 1. The lowest BCUT2D eigenvalue weighted by Gasteiger charge is -2.34. The van der Waals surface area contributed by atoms with Gasteiger partial charge in [-0.05, 0) is 43.4 Å². The first-order valence-corrected chi connectivity index (χ1v) is 9.40. The van der Waals surface area contributed by atoms with E-state index in [1.165, 1.54) is 0 Å². The van der Waals surface area contributed by atoms with Crippen LogP contribution in [-0.2, 0) is 4.79 Å². The Balaban J connectivity index is 1.46. The topological polar surface area (TPSA) is 69.6 Å². The zero-order valence-corrected chi connectivity index (χ0v) is 15.6. The Morgan fingerprint density at radius 3 is 2.48 bits per heavy atom. The summed E-state index contributed by atoms with van der Waals surface area (Å²) < 4.78 is 0. The van der Waals surface area contributed by atoms with E-state index < -0.39 is 6.10 Å². The molecule has 1 aliphatic heterocycles. The van der Waals surface area contributed by atoms with Gasteiger partial charge in [-0.2, -0.15) is 0 Å². The summed E-state index contributed by atoms with van der Waals surface area (Å²) in [4.78, 5) is 26.3. The van der Waals surface area contributed by atoms with Crippen molar-refractivity contribution >= 4 is 11.8 Å². The normalized spacial score (nSPS) is 16.0. The summed E-state index contributed by atoms with van der Waals surface area (Å²) in [5, 5.41) is 13.2. The summed E-state index contributed by atoms with van der Waals surface area (Å²) in [5.41, 5.74) is 2.49. The van der Waals surface area contributed by atoms with Crippen LogP contribution >= 0.6 is 0 Å². The molecule has 2 amide bonds. The molecule has 0 bridgehead atoms. The summed E-state index contributed by atoms with van der Waals surface area (Å²) >= 11 is 0. The number of carbonyl (C=O) groups is 2. The maximum atomic E-state index is 12.4. The van der Waals surface area contributed by atoms with Gasteiger partial charge in [-0.25, -0.2) is 0 Å². The molecular weight excluding hydrogens is 340 g/mol. The molecule has 2 aromatic carbocycles. The number of nitrogens with one attached hydrogen (secondary N) is 1. The van der Waals surface area contributed by atoms with Crippen molar-refractivity contribution in [3.05, 3.63) is 71.3 Å². The zero-order chi connectivity index (χ0) is 19.2. The van der Waals surface area contributed by atoms with E-state index in [9.17, 15) is 14.7 Å². The van der Waals surface area contributed by atoms with Crippen molar-refractivity contribution in [1.29, 1.82) is 0 Å². The molecule has 0 aromatic heterocycles. The van der Waals surface area contributed by atoms with E-state index in [0.29, 0.717) is 18.7 Å². The fourth-order valence-corrected chi connectivity index (χ4v) is 3.54. The smallest absolute Gasteiger partial charge is 0.251 e. The highest BCUT2D eigenvalue weighted by Gasteiger charge is 2.28. The lowest BCUT2D eigenvalue weighted by atomic mass is 9.87. The van der Waals surface area contributed by atoms with Crippen molar-refractivity contribution in [3.63, 3.8) is 0 Å². The predicted molar refractivity (Wildman–Crippen MR) is 104 cm³/mol. The summed E-state index contributed by atoms with van der Waals surface area (Å²) in [6, 6.07) is 16.9. The molecule has 1 saturated heterocycles. The summed E-state index contributed by atoms with van der Waals surface area (Å²) in [7, 11) is 0. The van der Waals surface area contributed by atoms with Gasteiger partial charge in [-0.3, -0.25) is 9.59 Å². The number of aryl methyl sites for hydroxylation is 1. The molecule has 5 nitrogen and oxygen atoms in total. The maximum absolute atomic E-state index is 12.4. The van der Waals surface area contributed by atoms with Gasteiger partial charge >= 0.3 is 0 Å². The molecule has 142 valence electrons. The Hall–Kier alpha value is -2.66. The monoisotopic (exact) mass is 366 g/mol. The van der Waals surface area contributed by atoms with E-state index in [-0.39, 0.29) is 24.3 Å². The highest BCUT2D eigenvalue weighted by atomic mass is 16.3. The first kappa shape index (κ1) is 19.1. The highest BCUT2D eigenvalue weighted by Crippen LogP contribution is 2.30. The third-order valence-electron chi connectivity index (χ3n) is 5.16.